The number of hydrogen-bond acceptors (Lipinski definition) is 3. The van der Waals surface area contributed by atoms with Gasteiger partial charge < -0.3 is 15.2 Å². The molecule has 0 spiro atoms. The summed E-state index contributed by atoms with van der Waals surface area (Å²) in [6.45, 7) is 4.98. The number of benzene rings is 1. The van der Waals surface area contributed by atoms with Gasteiger partial charge in [-0.15, -0.1) is 0 Å². The fourth-order valence-electron chi connectivity index (χ4n) is 1.35. The van der Waals surface area contributed by atoms with Gasteiger partial charge in [-0.05, 0) is 6.07 Å². The van der Waals surface area contributed by atoms with Crippen LogP contribution in [-0.4, -0.2) is 30.9 Å². The van der Waals surface area contributed by atoms with Crippen LogP contribution < -0.4 is 5.32 Å². The zero-order valence-electron chi connectivity index (χ0n) is 10.0. The number of aliphatic hydroxyl groups excluding tert-OH is 1. The molecule has 5 heteroatoms. The van der Waals surface area contributed by atoms with Gasteiger partial charge in [-0.1, -0.05) is 40.7 Å². The molecule has 0 aliphatic heterocycles. The first-order chi connectivity index (χ1) is 8.59. The van der Waals surface area contributed by atoms with Crippen molar-refractivity contribution in [3.63, 3.8) is 0 Å². The van der Waals surface area contributed by atoms with Crippen LogP contribution in [0.25, 0.3) is 0 Å². The monoisotopic (exact) mass is 317 g/mol. The molecule has 0 fully saturated rings. The third-order valence-electron chi connectivity index (χ3n) is 2.22. The van der Waals surface area contributed by atoms with Crippen molar-refractivity contribution in [3.05, 3.63) is 46.7 Å². The van der Waals surface area contributed by atoms with Gasteiger partial charge in [0.05, 0.1) is 19.3 Å². The van der Waals surface area contributed by atoms with Gasteiger partial charge in [0, 0.05) is 23.1 Å². The van der Waals surface area contributed by atoms with E-state index in [4.69, 9.17) is 4.74 Å². The highest BCUT2D eigenvalue weighted by Gasteiger charge is 2.05. The summed E-state index contributed by atoms with van der Waals surface area (Å²) in [5.41, 5.74) is 0.492. The average molecular weight is 318 g/mol. The van der Waals surface area contributed by atoms with E-state index in [1.165, 1.54) is 6.07 Å². The minimum atomic E-state index is -0.622. The molecule has 0 aliphatic carbocycles. The van der Waals surface area contributed by atoms with Crippen molar-refractivity contribution in [1.29, 1.82) is 0 Å². The maximum Gasteiger partial charge on any atom is 0.128 e. The molecule has 1 rings (SSSR count). The van der Waals surface area contributed by atoms with E-state index in [1.54, 1.807) is 18.2 Å². The van der Waals surface area contributed by atoms with E-state index in [9.17, 15) is 9.50 Å². The molecule has 0 aromatic heterocycles. The molecule has 0 heterocycles. The van der Waals surface area contributed by atoms with Crippen LogP contribution >= 0.6 is 15.9 Å². The average Bonchev–Trinajstić information content (AvgIpc) is 2.31. The Morgan fingerprint density at radius 3 is 2.89 bits per heavy atom. The van der Waals surface area contributed by atoms with Crippen molar-refractivity contribution in [2.45, 2.75) is 12.7 Å². The SMILES string of the molecule is C=C(Br)CNCC(O)COCc1ccccc1F. The number of aliphatic hydroxyl groups is 1. The largest absolute Gasteiger partial charge is 0.389 e. The summed E-state index contributed by atoms with van der Waals surface area (Å²) >= 11 is 3.20. The standard InChI is InChI=1S/C13H17BrFNO2/c1-10(14)6-16-7-12(17)9-18-8-11-4-2-3-5-13(11)15/h2-5,12,16-17H,1,6-9H2. The minimum Gasteiger partial charge on any atom is -0.389 e. The van der Waals surface area contributed by atoms with Crippen LogP contribution in [0.1, 0.15) is 5.56 Å². The third-order valence-corrected chi connectivity index (χ3v) is 2.50. The zero-order valence-corrected chi connectivity index (χ0v) is 11.6. The Morgan fingerprint density at radius 2 is 2.22 bits per heavy atom. The number of rotatable bonds is 8. The summed E-state index contributed by atoms with van der Waals surface area (Å²) in [7, 11) is 0. The Kier molecular flexibility index (Phi) is 7.12. The molecule has 0 radical (unpaired) electrons. The van der Waals surface area contributed by atoms with Crippen molar-refractivity contribution in [3.8, 4) is 0 Å². The van der Waals surface area contributed by atoms with E-state index in [0.29, 0.717) is 18.7 Å². The smallest absolute Gasteiger partial charge is 0.128 e. The summed E-state index contributed by atoms with van der Waals surface area (Å²) in [5, 5.41) is 12.6. The van der Waals surface area contributed by atoms with E-state index in [-0.39, 0.29) is 19.0 Å². The zero-order chi connectivity index (χ0) is 13.4. The molecule has 3 nitrogen and oxygen atoms in total. The maximum atomic E-state index is 13.2. The van der Waals surface area contributed by atoms with Gasteiger partial charge in [-0.25, -0.2) is 4.39 Å². The summed E-state index contributed by atoms with van der Waals surface area (Å²) in [6.07, 6.45) is -0.622. The van der Waals surface area contributed by atoms with E-state index < -0.39 is 6.10 Å². The first-order valence-electron chi connectivity index (χ1n) is 5.63. The second-order valence-electron chi connectivity index (χ2n) is 3.91. The van der Waals surface area contributed by atoms with Crippen molar-refractivity contribution >= 4 is 15.9 Å². The lowest BCUT2D eigenvalue weighted by Gasteiger charge is -2.12. The molecule has 100 valence electrons. The number of nitrogens with one attached hydrogen (secondary N) is 1. The predicted molar refractivity (Wildman–Crippen MR) is 73.0 cm³/mol. The van der Waals surface area contributed by atoms with E-state index in [2.05, 4.69) is 27.8 Å². The maximum absolute atomic E-state index is 13.2. The second-order valence-corrected chi connectivity index (χ2v) is 5.03. The van der Waals surface area contributed by atoms with Crippen LogP contribution in [0.3, 0.4) is 0 Å². The molecule has 2 N–H and O–H groups in total. The topological polar surface area (TPSA) is 41.5 Å². The molecular weight excluding hydrogens is 301 g/mol. The Hall–Kier alpha value is -0.750. The molecular formula is C13H17BrFNO2. The van der Waals surface area contributed by atoms with Gasteiger partial charge in [0.1, 0.15) is 5.82 Å². The van der Waals surface area contributed by atoms with Crippen LogP contribution in [0, 0.1) is 5.82 Å². The summed E-state index contributed by atoms with van der Waals surface area (Å²) < 4.78 is 19.3. The number of halogens is 2. The molecule has 1 aromatic carbocycles. The van der Waals surface area contributed by atoms with Crippen molar-refractivity contribution in [2.24, 2.45) is 0 Å². The van der Waals surface area contributed by atoms with Crippen molar-refractivity contribution < 1.29 is 14.2 Å². The molecule has 1 atom stereocenters. The van der Waals surface area contributed by atoms with Crippen molar-refractivity contribution in [1.82, 2.24) is 5.32 Å². The molecule has 18 heavy (non-hydrogen) atoms. The van der Waals surface area contributed by atoms with Crippen LogP contribution in [-0.2, 0) is 11.3 Å². The van der Waals surface area contributed by atoms with Gasteiger partial charge >= 0.3 is 0 Å². The predicted octanol–water partition coefficient (Wildman–Crippen LogP) is 2.20. The fraction of sp³-hybridized carbons (Fsp3) is 0.385. The summed E-state index contributed by atoms with van der Waals surface area (Å²) in [5.74, 6) is -0.291. The fourth-order valence-corrected chi connectivity index (χ4v) is 1.55. The highest BCUT2D eigenvalue weighted by molar-refractivity contribution is 9.11. The van der Waals surface area contributed by atoms with Gasteiger partial charge in [0.25, 0.3) is 0 Å². The molecule has 0 amide bonds. The molecule has 0 bridgehead atoms. The Bertz CT molecular complexity index is 387. The second kappa shape index (κ2) is 8.37. The highest BCUT2D eigenvalue weighted by atomic mass is 79.9. The highest BCUT2D eigenvalue weighted by Crippen LogP contribution is 2.07. The lowest BCUT2D eigenvalue weighted by atomic mass is 10.2. The Labute approximate surface area is 115 Å². The molecule has 0 saturated heterocycles. The summed E-state index contributed by atoms with van der Waals surface area (Å²) in [6, 6.07) is 6.43. The number of ether oxygens (including phenoxy) is 1. The van der Waals surface area contributed by atoms with Crippen LogP contribution in [0.2, 0.25) is 0 Å². The lowest BCUT2D eigenvalue weighted by Crippen LogP contribution is -2.31. The summed E-state index contributed by atoms with van der Waals surface area (Å²) in [4.78, 5) is 0. The Balaban J connectivity index is 2.17. The molecule has 0 aliphatic rings. The van der Waals surface area contributed by atoms with Gasteiger partial charge in [-0.3, -0.25) is 0 Å². The lowest BCUT2D eigenvalue weighted by molar-refractivity contribution is 0.0283. The first kappa shape index (κ1) is 15.3. The van der Waals surface area contributed by atoms with Gasteiger partial charge in [0.2, 0.25) is 0 Å². The van der Waals surface area contributed by atoms with Crippen molar-refractivity contribution in [2.75, 3.05) is 19.7 Å². The quantitative estimate of drug-likeness (QED) is 0.772. The van der Waals surface area contributed by atoms with Crippen LogP contribution in [0.5, 0.6) is 0 Å². The third kappa shape index (κ3) is 6.26. The van der Waals surface area contributed by atoms with E-state index >= 15 is 0 Å². The number of hydrogen-bond donors (Lipinski definition) is 2. The van der Waals surface area contributed by atoms with Gasteiger partial charge in [-0.2, -0.15) is 0 Å². The molecule has 0 saturated carbocycles. The van der Waals surface area contributed by atoms with Crippen LogP contribution in [0.15, 0.2) is 35.3 Å². The first-order valence-corrected chi connectivity index (χ1v) is 6.42. The van der Waals surface area contributed by atoms with Gasteiger partial charge in [0.15, 0.2) is 0 Å². The molecule has 1 unspecified atom stereocenters. The minimum absolute atomic E-state index is 0.162. The van der Waals surface area contributed by atoms with E-state index in [1.807, 2.05) is 0 Å². The van der Waals surface area contributed by atoms with E-state index in [0.717, 1.165) is 4.48 Å². The Morgan fingerprint density at radius 1 is 1.50 bits per heavy atom. The van der Waals surface area contributed by atoms with Crippen LogP contribution in [0.4, 0.5) is 4.39 Å². The molecule has 1 aromatic rings. The normalized spacial score (nSPS) is 12.4.